The molecule has 290 valence electrons. The number of thiophene rings is 1. The lowest BCUT2D eigenvalue weighted by atomic mass is 9.98. The number of hydrogen-bond donors (Lipinski definition) is 0. The van der Waals surface area contributed by atoms with E-state index in [9.17, 15) is 0 Å². The molecule has 4 nitrogen and oxygen atoms in total. The van der Waals surface area contributed by atoms with Crippen LogP contribution in [0.5, 0.6) is 0 Å². The highest BCUT2D eigenvalue weighted by atomic mass is 32.1. The molecule has 0 saturated carbocycles. The first kappa shape index (κ1) is 31.0. The third kappa shape index (κ3) is 6.09. The molecule has 0 bridgehead atoms. The quantitative estimate of drug-likeness (QED) is 0.161. The molecule has 0 amide bonds. The molecule has 3 aromatic heterocycles. The Morgan fingerprint density at radius 1 is 0.371 bits per heavy atom. The number of rotatable bonds is 7. The van der Waals surface area contributed by atoms with E-state index in [2.05, 4.69) is 150 Å². The molecule has 62 heavy (non-hydrogen) atoms. The van der Waals surface area contributed by atoms with Crippen molar-refractivity contribution < 1.29 is 6.85 Å². The zero-order chi connectivity index (χ0) is 45.3. The highest BCUT2D eigenvalue weighted by Crippen LogP contribution is 2.46. The Morgan fingerprint density at radius 3 is 1.66 bits per heavy atom. The standard InChI is InChI=1S/C57H36N4S/c1-5-17-37(18-6-1)38-31-33-40(34-32-38)45-27-15-28-46-48-35-43(61-50-29-14-13-25-47(50)52-44(26-16-30-51(52)61)39-19-7-2-8-20-39)36-49(54(48)62-53(45)46)57-59-55(41-21-9-3-10-22-41)58-56(60-57)42-23-11-4-12-24-42/h1-36H/i3D,9D,10D,21D,22D. The van der Waals surface area contributed by atoms with Crippen molar-refractivity contribution in [2.75, 3.05) is 0 Å². The van der Waals surface area contributed by atoms with Crippen molar-refractivity contribution in [1.29, 1.82) is 0 Å². The number of hydrogen-bond acceptors (Lipinski definition) is 4. The fourth-order valence-electron chi connectivity index (χ4n) is 8.72. The van der Waals surface area contributed by atoms with Crippen LogP contribution in [0.15, 0.2) is 218 Å². The molecule has 0 spiro atoms. The lowest BCUT2D eigenvalue weighted by Crippen LogP contribution is -2.01. The first-order valence-corrected chi connectivity index (χ1v) is 21.3. The minimum atomic E-state index is -0.483. The largest absolute Gasteiger partial charge is 0.309 e. The van der Waals surface area contributed by atoms with E-state index in [1.165, 1.54) is 0 Å². The smallest absolute Gasteiger partial charge is 0.165 e. The molecule has 5 heteroatoms. The summed E-state index contributed by atoms with van der Waals surface area (Å²) < 4.78 is 47.8. The van der Waals surface area contributed by atoms with Crippen LogP contribution < -0.4 is 0 Å². The van der Waals surface area contributed by atoms with E-state index < -0.39 is 18.1 Å². The van der Waals surface area contributed by atoms with Gasteiger partial charge < -0.3 is 4.57 Å². The maximum absolute atomic E-state index is 8.98. The first-order chi connectivity index (χ1) is 32.8. The molecule has 0 aliphatic heterocycles. The number of aromatic nitrogens is 4. The molecular formula is C57H36N4S. The monoisotopic (exact) mass is 813 g/mol. The van der Waals surface area contributed by atoms with Crippen LogP contribution in [0.2, 0.25) is 0 Å². The Balaban J connectivity index is 1.17. The first-order valence-electron chi connectivity index (χ1n) is 22.9. The van der Waals surface area contributed by atoms with Crippen molar-refractivity contribution in [1.82, 2.24) is 19.5 Å². The summed E-state index contributed by atoms with van der Waals surface area (Å²) in [5, 5.41) is 4.33. The second kappa shape index (κ2) is 14.9. The average Bonchev–Trinajstić information content (AvgIpc) is 3.94. The van der Waals surface area contributed by atoms with Gasteiger partial charge in [0, 0.05) is 53.3 Å². The van der Waals surface area contributed by atoms with E-state index in [-0.39, 0.29) is 23.5 Å². The summed E-state index contributed by atoms with van der Waals surface area (Å²) in [4.78, 5) is 15.1. The van der Waals surface area contributed by atoms with Gasteiger partial charge in [0.05, 0.1) is 17.9 Å². The molecule has 0 unspecified atom stereocenters. The number of para-hydroxylation sites is 1. The Labute approximate surface area is 369 Å². The van der Waals surface area contributed by atoms with E-state index in [1.807, 2.05) is 42.5 Å². The minimum Gasteiger partial charge on any atom is -0.309 e. The Bertz CT molecular complexity index is 3880. The van der Waals surface area contributed by atoms with Crippen molar-refractivity contribution in [2.45, 2.75) is 0 Å². The number of nitrogens with zero attached hydrogens (tertiary/aromatic N) is 4. The van der Waals surface area contributed by atoms with Crippen molar-refractivity contribution in [2.24, 2.45) is 0 Å². The van der Waals surface area contributed by atoms with Gasteiger partial charge in [-0.25, -0.2) is 15.0 Å². The molecule has 0 N–H and O–H groups in total. The molecular weight excluding hydrogens is 773 g/mol. The summed E-state index contributed by atoms with van der Waals surface area (Å²) in [6.07, 6.45) is 0. The second-order valence-corrected chi connectivity index (χ2v) is 16.2. The molecule has 0 aliphatic rings. The van der Waals surface area contributed by atoms with Crippen LogP contribution in [-0.2, 0) is 0 Å². The predicted molar refractivity (Wildman–Crippen MR) is 260 cm³/mol. The summed E-state index contributed by atoms with van der Waals surface area (Å²) >= 11 is 1.67. The maximum atomic E-state index is 8.98. The Morgan fingerprint density at radius 2 is 0.903 bits per heavy atom. The summed E-state index contributed by atoms with van der Waals surface area (Å²) in [5.41, 5.74) is 11.0. The van der Waals surface area contributed by atoms with Crippen LogP contribution in [-0.4, -0.2) is 19.5 Å². The third-order valence-corrected chi connectivity index (χ3v) is 12.8. The topological polar surface area (TPSA) is 43.6 Å². The predicted octanol–water partition coefficient (Wildman–Crippen LogP) is 15.3. The zero-order valence-electron chi connectivity index (χ0n) is 38.1. The SMILES string of the molecule is [2H]c1c([2H])c([2H])c(-c2nc(-c3ccccc3)nc(-c3cc(-n4c5ccccc5c5c(-c6ccccc6)cccc54)cc4c3sc3c(-c5ccc(-c6ccccc6)cc5)cccc34)n2)c([2H])c1[2H]. The van der Waals surface area contributed by atoms with Gasteiger partial charge in [-0.05, 0) is 57.6 Å². The van der Waals surface area contributed by atoms with E-state index in [4.69, 9.17) is 21.8 Å². The fourth-order valence-corrected chi connectivity index (χ4v) is 10.0. The van der Waals surface area contributed by atoms with Crippen LogP contribution in [0.4, 0.5) is 0 Å². The lowest BCUT2D eigenvalue weighted by Gasteiger charge is -2.13. The van der Waals surface area contributed by atoms with Gasteiger partial charge in [0.1, 0.15) is 0 Å². The van der Waals surface area contributed by atoms with Gasteiger partial charge in [-0.15, -0.1) is 11.3 Å². The van der Waals surface area contributed by atoms with Gasteiger partial charge in [-0.1, -0.05) is 194 Å². The van der Waals surface area contributed by atoms with Gasteiger partial charge in [-0.3, -0.25) is 0 Å². The number of benzene rings is 9. The summed E-state index contributed by atoms with van der Waals surface area (Å²) in [5.74, 6) is 0.619. The van der Waals surface area contributed by atoms with E-state index >= 15 is 0 Å². The Hall–Kier alpha value is -7.99. The highest BCUT2D eigenvalue weighted by Gasteiger charge is 2.22. The fraction of sp³-hybridized carbons (Fsp3) is 0. The van der Waals surface area contributed by atoms with Gasteiger partial charge >= 0.3 is 0 Å². The van der Waals surface area contributed by atoms with Crippen molar-refractivity contribution in [3.63, 3.8) is 0 Å². The maximum Gasteiger partial charge on any atom is 0.165 e. The second-order valence-electron chi connectivity index (χ2n) is 15.2. The van der Waals surface area contributed by atoms with Crippen LogP contribution >= 0.6 is 11.3 Å². The lowest BCUT2D eigenvalue weighted by molar-refractivity contribution is 1.07. The molecule has 12 rings (SSSR count). The molecule has 0 radical (unpaired) electrons. The average molecular weight is 814 g/mol. The Kier molecular flexibility index (Phi) is 7.46. The molecule has 0 aliphatic carbocycles. The third-order valence-electron chi connectivity index (χ3n) is 11.6. The van der Waals surface area contributed by atoms with E-state index in [0.29, 0.717) is 17.2 Å². The van der Waals surface area contributed by atoms with Gasteiger partial charge in [-0.2, -0.15) is 0 Å². The van der Waals surface area contributed by atoms with Crippen LogP contribution in [0.25, 0.3) is 115 Å². The summed E-state index contributed by atoms with van der Waals surface area (Å²) in [7, 11) is 0. The van der Waals surface area contributed by atoms with Crippen LogP contribution in [0.3, 0.4) is 0 Å². The normalized spacial score (nSPS) is 12.7. The summed E-state index contributed by atoms with van der Waals surface area (Å²) in [6.45, 7) is 0. The van der Waals surface area contributed by atoms with E-state index in [0.717, 1.165) is 86.6 Å². The minimum absolute atomic E-state index is 0.0101. The van der Waals surface area contributed by atoms with Crippen LogP contribution in [0.1, 0.15) is 6.85 Å². The summed E-state index contributed by atoms with van der Waals surface area (Å²) in [6, 6.07) is 62.6. The van der Waals surface area contributed by atoms with Gasteiger partial charge in [0.2, 0.25) is 0 Å². The molecule has 3 heterocycles. The van der Waals surface area contributed by atoms with Crippen molar-refractivity contribution in [3.05, 3.63) is 218 Å². The van der Waals surface area contributed by atoms with Gasteiger partial charge in [0.25, 0.3) is 0 Å². The van der Waals surface area contributed by atoms with E-state index in [1.54, 1.807) is 11.3 Å². The van der Waals surface area contributed by atoms with Crippen LogP contribution in [0, 0.1) is 0 Å². The number of fused-ring (bicyclic) bond motifs is 6. The van der Waals surface area contributed by atoms with Crippen molar-refractivity contribution >= 4 is 53.3 Å². The molecule has 0 fully saturated rings. The molecule has 0 saturated heterocycles. The highest BCUT2D eigenvalue weighted by molar-refractivity contribution is 7.26. The molecule has 12 aromatic rings. The molecule has 9 aromatic carbocycles. The zero-order valence-corrected chi connectivity index (χ0v) is 33.9. The van der Waals surface area contributed by atoms with Crippen molar-refractivity contribution in [3.8, 4) is 73.2 Å². The van der Waals surface area contributed by atoms with Gasteiger partial charge in [0.15, 0.2) is 17.5 Å². The molecule has 0 atom stereocenters.